The van der Waals surface area contributed by atoms with Gasteiger partial charge in [0.15, 0.2) is 0 Å². The zero-order chi connectivity index (χ0) is 16.5. The van der Waals surface area contributed by atoms with Crippen molar-refractivity contribution in [2.45, 2.75) is 6.18 Å². The van der Waals surface area contributed by atoms with E-state index in [4.69, 9.17) is 11.6 Å². The van der Waals surface area contributed by atoms with Gasteiger partial charge in [-0.1, -0.05) is 27.5 Å². The van der Waals surface area contributed by atoms with Crippen LogP contribution in [-0.2, 0) is 6.18 Å². The number of halogens is 5. The number of aromatic hydroxyl groups is 1. The summed E-state index contributed by atoms with van der Waals surface area (Å²) in [4.78, 5) is 12.0. The van der Waals surface area contributed by atoms with Crippen LogP contribution in [0.2, 0.25) is 5.02 Å². The maximum Gasteiger partial charge on any atom is 0.416 e. The van der Waals surface area contributed by atoms with Gasteiger partial charge < -0.3 is 10.4 Å². The molecule has 2 rings (SSSR count). The molecule has 3 nitrogen and oxygen atoms in total. The summed E-state index contributed by atoms with van der Waals surface area (Å²) in [6, 6.07) is 6.81. The molecule has 0 aliphatic heterocycles. The molecule has 2 aromatic rings. The number of carbonyl (C=O) groups is 1. The van der Waals surface area contributed by atoms with Gasteiger partial charge in [-0.2, -0.15) is 13.2 Å². The normalized spacial score (nSPS) is 11.3. The molecule has 0 bridgehead atoms. The van der Waals surface area contributed by atoms with Crippen molar-refractivity contribution in [3.05, 3.63) is 57.0 Å². The third kappa shape index (κ3) is 3.72. The fourth-order valence-electron chi connectivity index (χ4n) is 1.67. The molecule has 116 valence electrons. The molecule has 1 amide bonds. The van der Waals surface area contributed by atoms with Crippen LogP contribution in [-0.4, -0.2) is 11.0 Å². The van der Waals surface area contributed by atoms with E-state index in [1.807, 2.05) is 0 Å². The van der Waals surface area contributed by atoms with Gasteiger partial charge in [-0.05, 0) is 36.4 Å². The number of phenols is 1. The van der Waals surface area contributed by atoms with Crippen molar-refractivity contribution >= 4 is 39.1 Å². The first kappa shape index (κ1) is 16.6. The van der Waals surface area contributed by atoms with Crippen LogP contribution in [0.15, 0.2) is 40.9 Å². The van der Waals surface area contributed by atoms with Gasteiger partial charge in [-0.3, -0.25) is 4.79 Å². The van der Waals surface area contributed by atoms with Gasteiger partial charge in [-0.25, -0.2) is 0 Å². The second kappa shape index (κ2) is 6.18. The van der Waals surface area contributed by atoms with Crippen LogP contribution in [0, 0.1) is 0 Å². The lowest BCUT2D eigenvalue weighted by Gasteiger charge is -2.11. The number of nitrogens with one attached hydrogen (secondary N) is 1. The molecule has 2 aromatic carbocycles. The largest absolute Gasteiger partial charge is 0.507 e. The van der Waals surface area contributed by atoms with Crippen LogP contribution in [0.25, 0.3) is 0 Å². The highest BCUT2D eigenvalue weighted by Crippen LogP contribution is 2.34. The predicted molar refractivity (Wildman–Crippen MR) is 80.2 cm³/mol. The van der Waals surface area contributed by atoms with E-state index in [1.165, 1.54) is 18.2 Å². The van der Waals surface area contributed by atoms with Gasteiger partial charge >= 0.3 is 6.18 Å². The van der Waals surface area contributed by atoms with E-state index < -0.39 is 17.6 Å². The number of carbonyl (C=O) groups excluding carboxylic acids is 1. The Morgan fingerprint density at radius 3 is 2.45 bits per heavy atom. The average Bonchev–Trinajstić information content (AvgIpc) is 2.42. The first-order chi connectivity index (χ1) is 10.2. The van der Waals surface area contributed by atoms with Crippen molar-refractivity contribution in [2.75, 3.05) is 5.32 Å². The zero-order valence-corrected chi connectivity index (χ0v) is 13.1. The summed E-state index contributed by atoms with van der Waals surface area (Å²) in [5.74, 6) is -0.954. The fraction of sp³-hybridized carbons (Fsp3) is 0.0714. The lowest BCUT2D eigenvalue weighted by molar-refractivity contribution is -0.137. The maximum absolute atomic E-state index is 12.5. The standard InChI is InChI=1S/C14H8BrClF3NO2/c15-8-2-4-12(21)9(6-8)13(22)20-11-3-1-7(5-10(11)16)14(17,18)19/h1-6,21H,(H,20,22). The second-order valence-corrected chi connectivity index (χ2v) is 5.63. The Morgan fingerprint density at radius 1 is 1.18 bits per heavy atom. The van der Waals surface area contributed by atoms with Gasteiger partial charge in [0, 0.05) is 4.47 Å². The molecule has 0 fully saturated rings. The number of amides is 1. The molecule has 22 heavy (non-hydrogen) atoms. The van der Waals surface area contributed by atoms with Crippen molar-refractivity contribution in [1.29, 1.82) is 0 Å². The molecule has 0 saturated heterocycles. The minimum Gasteiger partial charge on any atom is -0.507 e. The quantitative estimate of drug-likeness (QED) is 0.746. The van der Waals surface area contributed by atoms with Gasteiger partial charge in [0.25, 0.3) is 5.91 Å². The molecular formula is C14H8BrClF3NO2. The summed E-state index contributed by atoms with van der Waals surface area (Å²) in [5.41, 5.74) is -0.940. The molecule has 0 aromatic heterocycles. The maximum atomic E-state index is 12.5. The molecular weight excluding hydrogens is 387 g/mol. The lowest BCUT2D eigenvalue weighted by Crippen LogP contribution is -2.13. The molecule has 0 saturated carbocycles. The Hall–Kier alpha value is -1.73. The highest BCUT2D eigenvalue weighted by atomic mass is 79.9. The number of phenolic OH excluding ortho intramolecular Hbond substituents is 1. The van der Waals surface area contributed by atoms with Crippen LogP contribution >= 0.6 is 27.5 Å². The highest BCUT2D eigenvalue weighted by molar-refractivity contribution is 9.10. The minimum absolute atomic E-state index is 0.0130. The van der Waals surface area contributed by atoms with E-state index in [2.05, 4.69) is 21.2 Å². The van der Waals surface area contributed by atoms with E-state index in [9.17, 15) is 23.1 Å². The highest BCUT2D eigenvalue weighted by Gasteiger charge is 2.31. The smallest absolute Gasteiger partial charge is 0.416 e. The van der Waals surface area contributed by atoms with Crippen molar-refractivity contribution < 1.29 is 23.1 Å². The second-order valence-electron chi connectivity index (χ2n) is 4.31. The van der Waals surface area contributed by atoms with E-state index in [0.717, 1.165) is 18.2 Å². The lowest BCUT2D eigenvalue weighted by atomic mass is 10.1. The van der Waals surface area contributed by atoms with E-state index in [-0.39, 0.29) is 22.0 Å². The number of hydrogen-bond donors (Lipinski definition) is 2. The van der Waals surface area contributed by atoms with Gasteiger partial charge in [0.05, 0.1) is 21.8 Å². The van der Waals surface area contributed by atoms with Crippen LogP contribution in [0.5, 0.6) is 5.75 Å². The molecule has 0 unspecified atom stereocenters. The first-order valence-electron chi connectivity index (χ1n) is 5.85. The van der Waals surface area contributed by atoms with E-state index in [0.29, 0.717) is 4.47 Å². The fourth-order valence-corrected chi connectivity index (χ4v) is 2.26. The third-order valence-electron chi connectivity index (χ3n) is 2.75. The number of hydrogen-bond acceptors (Lipinski definition) is 2. The van der Waals surface area contributed by atoms with Crippen LogP contribution < -0.4 is 5.32 Å². The van der Waals surface area contributed by atoms with Crippen molar-refractivity contribution in [3.8, 4) is 5.75 Å². The summed E-state index contributed by atoms with van der Waals surface area (Å²) in [6.45, 7) is 0. The SMILES string of the molecule is O=C(Nc1ccc(C(F)(F)F)cc1Cl)c1cc(Br)ccc1O. The van der Waals surface area contributed by atoms with Gasteiger partial charge in [0.2, 0.25) is 0 Å². The van der Waals surface area contributed by atoms with Crippen LogP contribution in [0.4, 0.5) is 18.9 Å². The summed E-state index contributed by atoms with van der Waals surface area (Å²) in [7, 11) is 0. The first-order valence-corrected chi connectivity index (χ1v) is 7.02. The molecule has 0 radical (unpaired) electrons. The van der Waals surface area contributed by atoms with Crippen LogP contribution in [0.3, 0.4) is 0 Å². The van der Waals surface area contributed by atoms with Gasteiger partial charge in [-0.15, -0.1) is 0 Å². The summed E-state index contributed by atoms with van der Waals surface area (Å²) in [5, 5.41) is 11.7. The summed E-state index contributed by atoms with van der Waals surface area (Å²) >= 11 is 8.91. The summed E-state index contributed by atoms with van der Waals surface area (Å²) < 4.78 is 38.2. The Morgan fingerprint density at radius 2 is 1.86 bits per heavy atom. The van der Waals surface area contributed by atoms with Crippen molar-refractivity contribution in [2.24, 2.45) is 0 Å². The van der Waals surface area contributed by atoms with Crippen LogP contribution in [0.1, 0.15) is 15.9 Å². The Kier molecular flexibility index (Phi) is 4.67. The molecule has 0 aliphatic carbocycles. The topological polar surface area (TPSA) is 49.3 Å². The molecule has 2 N–H and O–H groups in total. The number of rotatable bonds is 2. The Labute approximate surface area is 136 Å². The summed E-state index contributed by atoms with van der Waals surface area (Å²) in [6.07, 6.45) is -4.52. The Balaban J connectivity index is 2.27. The van der Waals surface area contributed by atoms with E-state index >= 15 is 0 Å². The monoisotopic (exact) mass is 393 g/mol. The average molecular weight is 395 g/mol. The third-order valence-corrected chi connectivity index (χ3v) is 3.55. The molecule has 0 aliphatic rings. The molecule has 0 spiro atoms. The zero-order valence-electron chi connectivity index (χ0n) is 10.7. The molecule has 0 heterocycles. The minimum atomic E-state index is -4.52. The Bertz CT molecular complexity index is 735. The van der Waals surface area contributed by atoms with Crippen molar-refractivity contribution in [1.82, 2.24) is 0 Å². The number of benzene rings is 2. The number of alkyl halides is 3. The predicted octanol–water partition coefficient (Wildman–Crippen LogP) is 5.08. The molecule has 0 atom stereocenters. The number of anilines is 1. The molecule has 8 heteroatoms. The van der Waals surface area contributed by atoms with Gasteiger partial charge in [0.1, 0.15) is 5.75 Å². The van der Waals surface area contributed by atoms with E-state index in [1.54, 1.807) is 0 Å². The van der Waals surface area contributed by atoms with Crippen molar-refractivity contribution in [3.63, 3.8) is 0 Å².